The van der Waals surface area contributed by atoms with E-state index >= 15 is 0 Å². The molecule has 0 amide bonds. The first-order valence-corrected chi connectivity index (χ1v) is 10.8. The molecule has 0 aliphatic carbocycles. The highest BCUT2D eigenvalue weighted by atomic mass is 32.2. The normalized spacial score (nSPS) is 19.0. The molecule has 142 valence electrons. The van der Waals surface area contributed by atoms with Crippen LogP contribution in [-0.4, -0.2) is 35.8 Å². The van der Waals surface area contributed by atoms with E-state index in [1.54, 1.807) is 6.26 Å². The number of aromatic nitrogens is 1. The van der Waals surface area contributed by atoms with E-state index in [2.05, 4.69) is 9.88 Å². The Bertz CT molecular complexity index is 994. The summed E-state index contributed by atoms with van der Waals surface area (Å²) in [7, 11) is -2.98. The number of hydrogen-bond acceptors (Lipinski definition) is 6. The molecule has 0 N–H and O–H groups in total. The first-order chi connectivity index (χ1) is 13.0. The standard InChI is InChI=1S/C20H22N2O4S/c1-15-19(21-20(26-15)16-6-3-2-4-7-16)13-22(12-18-8-5-10-25-18)17-9-11-27(23,24)14-17/h2-8,10,17H,9,11-14H2,1H3. The van der Waals surface area contributed by atoms with E-state index in [0.29, 0.717) is 25.4 Å². The number of oxazole rings is 1. The maximum absolute atomic E-state index is 12.0. The fraction of sp³-hybridized carbons (Fsp3) is 0.350. The van der Waals surface area contributed by atoms with E-state index in [0.717, 1.165) is 22.8 Å². The Hall–Kier alpha value is -2.38. The van der Waals surface area contributed by atoms with Crippen molar-refractivity contribution in [2.75, 3.05) is 11.5 Å². The van der Waals surface area contributed by atoms with Crippen LogP contribution in [0.15, 0.2) is 57.6 Å². The molecule has 0 saturated carbocycles. The Labute approximate surface area is 158 Å². The highest BCUT2D eigenvalue weighted by molar-refractivity contribution is 7.91. The summed E-state index contributed by atoms with van der Waals surface area (Å²) in [5, 5.41) is 0. The smallest absolute Gasteiger partial charge is 0.226 e. The highest BCUT2D eigenvalue weighted by Crippen LogP contribution is 2.26. The number of aryl methyl sites for hydroxylation is 1. The molecule has 0 radical (unpaired) electrons. The van der Waals surface area contributed by atoms with E-state index < -0.39 is 9.84 Å². The fourth-order valence-corrected chi connectivity index (χ4v) is 5.21. The first-order valence-electron chi connectivity index (χ1n) is 8.99. The summed E-state index contributed by atoms with van der Waals surface area (Å²) in [6, 6.07) is 13.5. The van der Waals surface area contributed by atoms with Crippen LogP contribution in [0.2, 0.25) is 0 Å². The summed E-state index contributed by atoms with van der Waals surface area (Å²) in [5.74, 6) is 2.55. The van der Waals surface area contributed by atoms with Gasteiger partial charge in [-0.2, -0.15) is 0 Å². The van der Waals surface area contributed by atoms with E-state index in [1.165, 1.54) is 0 Å². The summed E-state index contributed by atoms with van der Waals surface area (Å²) in [6.07, 6.45) is 2.26. The molecule has 3 aromatic rings. The minimum absolute atomic E-state index is 0.0450. The third-order valence-electron chi connectivity index (χ3n) is 4.93. The molecule has 6 nitrogen and oxygen atoms in total. The molecule has 1 fully saturated rings. The Morgan fingerprint density at radius 1 is 1.15 bits per heavy atom. The van der Waals surface area contributed by atoms with Crippen molar-refractivity contribution in [3.05, 3.63) is 65.9 Å². The van der Waals surface area contributed by atoms with E-state index in [9.17, 15) is 8.42 Å². The molecule has 7 heteroatoms. The molecular weight excluding hydrogens is 364 g/mol. The van der Waals surface area contributed by atoms with Crippen LogP contribution in [0.4, 0.5) is 0 Å². The van der Waals surface area contributed by atoms with Crippen molar-refractivity contribution in [1.82, 2.24) is 9.88 Å². The number of benzene rings is 1. The number of rotatable bonds is 6. The Balaban J connectivity index is 1.59. The largest absolute Gasteiger partial charge is 0.468 e. The Kier molecular flexibility index (Phi) is 4.88. The Morgan fingerprint density at radius 2 is 1.96 bits per heavy atom. The predicted octanol–water partition coefficient (Wildman–Crippen LogP) is 3.43. The second-order valence-corrected chi connectivity index (χ2v) is 9.16. The Morgan fingerprint density at radius 3 is 2.63 bits per heavy atom. The lowest BCUT2D eigenvalue weighted by Crippen LogP contribution is -2.35. The van der Waals surface area contributed by atoms with Crippen LogP contribution >= 0.6 is 0 Å². The zero-order chi connectivity index (χ0) is 18.9. The lowest BCUT2D eigenvalue weighted by molar-refractivity contribution is 0.177. The van der Waals surface area contributed by atoms with Gasteiger partial charge < -0.3 is 8.83 Å². The van der Waals surface area contributed by atoms with Crippen molar-refractivity contribution < 1.29 is 17.3 Å². The first kappa shape index (κ1) is 18.0. The lowest BCUT2D eigenvalue weighted by atomic mass is 10.2. The maximum Gasteiger partial charge on any atom is 0.226 e. The second-order valence-electron chi connectivity index (χ2n) is 6.93. The van der Waals surface area contributed by atoms with Gasteiger partial charge >= 0.3 is 0 Å². The number of nitrogens with zero attached hydrogens (tertiary/aromatic N) is 2. The summed E-state index contributed by atoms with van der Waals surface area (Å²) in [6.45, 7) is 2.95. The third-order valence-corrected chi connectivity index (χ3v) is 6.68. The molecule has 1 aromatic carbocycles. The monoisotopic (exact) mass is 386 g/mol. The quantitative estimate of drug-likeness (QED) is 0.646. The van der Waals surface area contributed by atoms with Gasteiger partial charge in [-0.05, 0) is 37.6 Å². The van der Waals surface area contributed by atoms with E-state index in [-0.39, 0.29) is 17.5 Å². The summed E-state index contributed by atoms with van der Waals surface area (Å²) in [5.41, 5.74) is 1.75. The predicted molar refractivity (Wildman–Crippen MR) is 102 cm³/mol. The molecule has 1 unspecified atom stereocenters. The molecule has 1 aliphatic rings. The van der Waals surface area contributed by atoms with Crippen LogP contribution in [0.25, 0.3) is 11.5 Å². The third kappa shape index (κ3) is 4.14. The van der Waals surface area contributed by atoms with Crippen LogP contribution in [0.3, 0.4) is 0 Å². The molecule has 4 rings (SSSR count). The van der Waals surface area contributed by atoms with Gasteiger partial charge in [0.1, 0.15) is 11.5 Å². The number of hydrogen-bond donors (Lipinski definition) is 0. The zero-order valence-electron chi connectivity index (χ0n) is 15.2. The van der Waals surface area contributed by atoms with Crippen LogP contribution < -0.4 is 0 Å². The summed E-state index contributed by atoms with van der Waals surface area (Å²) in [4.78, 5) is 6.80. The SMILES string of the molecule is Cc1oc(-c2ccccc2)nc1CN(Cc1ccco1)C1CCS(=O)(=O)C1. The minimum atomic E-state index is -2.98. The minimum Gasteiger partial charge on any atom is -0.468 e. The van der Waals surface area contributed by atoms with Crippen LogP contribution in [-0.2, 0) is 22.9 Å². The molecule has 0 spiro atoms. The topological polar surface area (TPSA) is 76.6 Å². The van der Waals surface area contributed by atoms with Crippen molar-refractivity contribution in [2.24, 2.45) is 0 Å². The maximum atomic E-state index is 12.0. The van der Waals surface area contributed by atoms with Crippen molar-refractivity contribution in [1.29, 1.82) is 0 Å². The van der Waals surface area contributed by atoms with Crippen LogP contribution in [0.1, 0.15) is 23.6 Å². The molecule has 0 bridgehead atoms. The summed E-state index contributed by atoms with van der Waals surface area (Å²) < 4.78 is 35.3. The molecule has 27 heavy (non-hydrogen) atoms. The van der Waals surface area contributed by atoms with Crippen LogP contribution in [0.5, 0.6) is 0 Å². The van der Waals surface area contributed by atoms with Crippen LogP contribution in [0, 0.1) is 6.92 Å². The van der Waals surface area contributed by atoms with Crippen molar-refractivity contribution in [3.63, 3.8) is 0 Å². The average molecular weight is 386 g/mol. The zero-order valence-corrected chi connectivity index (χ0v) is 16.0. The summed E-state index contributed by atoms with van der Waals surface area (Å²) >= 11 is 0. The van der Waals surface area contributed by atoms with Gasteiger partial charge in [-0.15, -0.1) is 0 Å². The number of sulfone groups is 1. The number of furan rings is 1. The average Bonchev–Trinajstić information content (AvgIpc) is 3.37. The lowest BCUT2D eigenvalue weighted by Gasteiger charge is -2.26. The van der Waals surface area contributed by atoms with Gasteiger partial charge in [0, 0.05) is 18.2 Å². The molecule has 1 atom stereocenters. The molecule has 1 aliphatic heterocycles. The molecule has 2 aromatic heterocycles. The van der Waals surface area contributed by atoms with Crippen molar-refractivity contribution >= 4 is 9.84 Å². The van der Waals surface area contributed by atoms with Gasteiger partial charge in [0.05, 0.1) is 30.0 Å². The van der Waals surface area contributed by atoms with Gasteiger partial charge in [0.2, 0.25) is 5.89 Å². The van der Waals surface area contributed by atoms with Crippen molar-refractivity contribution in [3.8, 4) is 11.5 Å². The van der Waals surface area contributed by atoms with Gasteiger partial charge in [0.25, 0.3) is 0 Å². The highest BCUT2D eigenvalue weighted by Gasteiger charge is 2.33. The van der Waals surface area contributed by atoms with Gasteiger partial charge in [0.15, 0.2) is 9.84 Å². The van der Waals surface area contributed by atoms with Gasteiger partial charge in [-0.1, -0.05) is 18.2 Å². The second kappa shape index (κ2) is 7.32. The van der Waals surface area contributed by atoms with E-state index in [4.69, 9.17) is 8.83 Å². The van der Waals surface area contributed by atoms with Crippen molar-refractivity contribution in [2.45, 2.75) is 32.5 Å². The molecular formula is C20H22N2O4S. The molecule has 1 saturated heterocycles. The van der Waals surface area contributed by atoms with Gasteiger partial charge in [-0.3, -0.25) is 4.90 Å². The fourth-order valence-electron chi connectivity index (χ4n) is 3.45. The van der Waals surface area contributed by atoms with Gasteiger partial charge in [-0.25, -0.2) is 13.4 Å². The molecule has 3 heterocycles. The van der Waals surface area contributed by atoms with E-state index in [1.807, 2.05) is 49.4 Å².